The molecule has 0 aromatic carbocycles. The maximum Gasteiger partial charge on any atom is 0.147 e. The summed E-state index contributed by atoms with van der Waals surface area (Å²) >= 11 is 12.4. The molecule has 82 valence electrons. The molecule has 7 heteroatoms. The molecule has 0 radical (unpaired) electrons. The molecular weight excluding hydrogens is 288 g/mol. The molecule has 2 aliphatic rings. The first-order valence-electron chi connectivity index (χ1n) is 4.45. The topological polar surface area (TPSA) is 18.5 Å². The third-order valence-electron chi connectivity index (χ3n) is 2.26. The van der Waals surface area contributed by atoms with Crippen molar-refractivity contribution < 1.29 is 9.47 Å². The summed E-state index contributed by atoms with van der Waals surface area (Å²) in [5.74, 6) is 1.97. The van der Waals surface area contributed by atoms with E-state index in [2.05, 4.69) is 0 Å². The first kappa shape index (κ1) is 11.0. The lowest BCUT2D eigenvalue weighted by atomic mass is 10.3. The highest BCUT2D eigenvalue weighted by atomic mass is 32.2. The molecule has 1 aromatic rings. The average molecular weight is 296 g/mol. The minimum Gasteiger partial charge on any atom is -0.349 e. The fourth-order valence-electron chi connectivity index (χ4n) is 1.49. The van der Waals surface area contributed by atoms with Gasteiger partial charge in [0.05, 0.1) is 20.6 Å². The van der Waals surface area contributed by atoms with Crippen LogP contribution in [-0.2, 0) is 9.47 Å². The number of hydrogen-bond donors (Lipinski definition) is 0. The maximum absolute atomic E-state index is 5.54. The Morgan fingerprint density at radius 1 is 1.00 bits per heavy atom. The molecule has 3 rings (SSSR count). The van der Waals surface area contributed by atoms with E-state index in [0.717, 1.165) is 14.6 Å². The second-order valence-corrected chi connectivity index (χ2v) is 8.98. The van der Waals surface area contributed by atoms with E-state index in [1.807, 2.05) is 23.5 Å². The lowest BCUT2D eigenvalue weighted by Crippen LogP contribution is -2.27. The molecule has 1 fully saturated rings. The molecule has 15 heavy (non-hydrogen) atoms. The zero-order chi connectivity index (χ0) is 10.3. The predicted octanol–water partition coefficient (Wildman–Crippen LogP) is 3.48. The Labute approximate surface area is 109 Å². The van der Waals surface area contributed by atoms with Gasteiger partial charge in [0.1, 0.15) is 9.93 Å². The van der Waals surface area contributed by atoms with E-state index in [1.165, 1.54) is 8.42 Å². The van der Waals surface area contributed by atoms with Gasteiger partial charge in [-0.15, -0.1) is 46.2 Å². The van der Waals surface area contributed by atoms with Gasteiger partial charge in [0.2, 0.25) is 0 Å². The zero-order valence-electron chi connectivity index (χ0n) is 7.63. The van der Waals surface area contributed by atoms with Gasteiger partial charge in [0.25, 0.3) is 0 Å². The molecule has 1 saturated heterocycles. The molecule has 2 aliphatic heterocycles. The number of rotatable bonds is 0. The lowest BCUT2D eigenvalue weighted by molar-refractivity contribution is 0.0444. The van der Waals surface area contributed by atoms with E-state index < -0.39 is 0 Å². The van der Waals surface area contributed by atoms with Crippen LogP contribution in [0, 0.1) is 3.14 Å². The van der Waals surface area contributed by atoms with Gasteiger partial charge >= 0.3 is 0 Å². The molecule has 0 spiro atoms. The molecule has 3 heterocycles. The first-order valence-corrected chi connectivity index (χ1v) is 8.47. The van der Waals surface area contributed by atoms with Crippen molar-refractivity contribution in [3.8, 4) is 0 Å². The molecule has 0 amide bonds. The maximum atomic E-state index is 5.54. The van der Waals surface area contributed by atoms with Gasteiger partial charge in [0, 0.05) is 11.5 Å². The lowest BCUT2D eigenvalue weighted by Gasteiger charge is -2.18. The number of ether oxygens (including phenoxy) is 2. The van der Waals surface area contributed by atoms with Crippen molar-refractivity contribution in [3.05, 3.63) is 3.14 Å². The van der Waals surface area contributed by atoms with Crippen molar-refractivity contribution in [1.82, 2.24) is 0 Å². The van der Waals surface area contributed by atoms with Crippen molar-refractivity contribution in [2.24, 2.45) is 0 Å². The second-order valence-electron chi connectivity index (χ2n) is 3.18. The van der Waals surface area contributed by atoms with E-state index in [-0.39, 0.29) is 12.2 Å². The first-order chi connectivity index (χ1) is 7.33. The fraction of sp³-hybridized carbons (Fsp3) is 0.625. The molecule has 0 saturated carbocycles. The van der Waals surface area contributed by atoms with Gasteiger partial charge in [-0.3, -0.25) is 0 Å². The van der Waals surface area contributed by atoms with Crippen molar-refractivity contribution in [1.29, 1.82) is 0 Å². The summed E-state index contributed by atoms with van der Waals surface area (Å²) < 4.78 is 14.8. The van der Waals surface area contributed by atoms with Crippen molar-refractivity contribution in [2.75, 3.05) is 18.3 Å². The van der Waals surface area contributed by atoms with Crippen LogP contribution in [0.3, 0.4) is 0 Å². The van der Waals surface area contributed by atoms with Crippen molar-refractivity contribution in [3.63, 3.8) is 0 Å². The highest BCUT2D eigenvalue weighted by Gasteiger charge is 2.32. The molecule has 2 atom stereocenters. The van der Waals surface area contributed by atoms with E-state index in [0.29, 0.717) is 6.79 Å². The van der Waals surface area contributed by atoms with Gasteiger partial charge in [-0.05, 0) is 0 Å². The predicted molar refractivity (Wildman–Crippen MR) is 69.1 cm³/mol. The fourth-order valence-corrected chi connectivity index (χ4v) is 7.83. The largest absolute Gasteiger partial charge is 0.349 e. The summed E-state index contributed by atoms with van der Waals surface area (Å²) in [6, 6.07) is 0. The minimum atomic E-state index is 0.260. The summed E-state index contributed by atoms with van der Waals surface area (Å²) in [7, 11) is 0. The highest BCUT2D eigenvalue weighted by molar-refractivity contribution is 8.05. The van der Waals surface area contributed by atoms with Crippen LogP contribution in [0.4, 0.5) is 0 Å². The normalized spacial score (nSPS) is 30.4. The van der Waals surface area contributed by atoms with Gasteiger partial charge in [0.15, 0.2) is 0 Å². The van der Waals surface area contributed by atoms with Crippen LogP contribution in [0.2, 0.25) is 0 Å². The molecule has 0 N–H and O–H groups in total. The Kier molecular flexibility index (Phi) is 3.40. The van der Waals surface area contributed by atoms with Crippen LogP contribution in [0.15, 0.2) is 8.42 Å². The zero-order valence-corrected chi connectivity index (χ0v) is 11.7. The third-order valence-corrected chi connectivity index (χ3v) is 8.01. The summed E-state index contributed by atoms with van der Waals surface area (Å²) in [5, 5.41) is 0. The monoisotopic (exact) mass is 296 g/mol. The Hall–Kier alpha value is 0.890. The van der Waals surface area contributed by atoms with Crippen LogP contribution >= 0.6 is 58.4 Å². The Balaban J connectivity index is 1.86. The third kappa shape index (κ3) is 2.29. The smallest absolute Gasteiger partial charge is 0.147 e. The second kappa shape index (κ2) is 4.64. The van der Waals surface area contributed by atoms with Gasteiger partial charge in [-0.2, -0.15) is 0 Å². The summed E-state index contributed by atoms with van der Waals surface area (Å²) in [6.45, 7) is 0.458. The number of thioether (sulfide) groups is 2. The van der Waals surface area contributed by atoms with Gasteiger partial charge in [-0.25, -0.2) is 0 Å². The average Bonchev–Trinajstić information content (AvgIpc) is 2.76. The Morgan fingerprint density at radius 3 is 2.07 bits per heavy atom. The van der Waals surface area contributed by atoms with Crippen LogP contribution in [-0.4, -0.2) is 30.5 Å². The van der Waals surface area contributed by atoms with E-state index >= 15 is 0 Å². The summed E-state index contributed by atoms with van der Waals surface area (Å²) in [6.07, 6.45) is 0.521. The van der Waals surface area contributed by atoms with Crippen LogP contribution < -0.4 is 0 Å². The molecule has 0 bridgehead atoms. The van der Waals surface area contributed by atoms with E-state index in [1.54, 1.807) is 22.7 Å². The number of hydrogen-bond acceptors (Lipinski definition) is 7. The minimum absolute atomic E-state index is 0.260. The van der Waals surface area contributed by atoms with E-state index in [4.69, 9.17) is 21.7 Å². The molecule has 2 nitrogen and oxygen atoms in total. The standard InChI is InChI=1S/C8H8O2S5/c11-8-14-6-7(15-8)13-2-5-4(1-12-6)9-3-10-5/h4-5H,1-3H2. The van der Waals surface area contributed by atoms with Gasteiger partial charge in [-0.1, -0.05) is 12.2 Å². The van der Waals surface area contributed by atoms with Crippen LogP contribution in [0.1, 0.15) is 0 Å². The van der Waals surface area contributed by atoms with Crippen molar-refractivity contribution >= 4 is 58.4 Å². The van der Waals surface area contributed by atoms with Crippen molar-refractivity contribution in [2.45, 2.75) is 20.6 Å². The number of fused-ring (bicyclic) bond motifs is 2. The van der Waals surface area contributed by atoms with Gasteiger partial charge < -0.3 is 9.47 Å². The summed E-state index contributed by atoms with van der Waals surface area (Å²) in [4.78, 5) is 0. The molecule has 2 unspecified atom stereocenters. The van der Waals surface area contributed by atoms with E-state index in [9.17, 15) is 0 Å². The summed E-state index contributed by atoms with van der Waals surface area (Å²) in [5.41, 5.74) is 0. The highest BCUT2D eigenvalue weighted by Crippen LogP contribution is 2.44. The molecule has 0 aliphatic carbocycles. The van der Waals surface area contributed by atoms with Crippen LogP contribution in [0.25, 0.3) is 0 Å². The SMILES string of the molecule is S=c1sc2c(s1)SCC1OCOC1CS2. The molecule has 1 aromatic heterocycles. The van der Waals surface area contributed by atoms with Crippen LogP contribution in [0.5, 0.6) is 0 Å². The quantitative estimate of drug-likeness (QED) is 0.680. The Morgan fingerprint density at radius 2 is 1.53 bits per heavy atom. The molecular formula is C8H8O2S5. The Bertz CT molecular complexity index is 377.